The van der Waals surface area contributed by atoms with Crippen molar-refractivity contribution in [1.29, 1.82) is 0 Å². The van der Waals surface area contributed by atoms with Gasteiger partial charge in [-0.05, 0) is 30.3 Å². The quantitative estimate of drug-likeness (QED) is 0.523. The SMILES string of the molecule is Clc1ccc2oc3ccc(Cl)c(Cl)c3c2c1. The van der Waals surface area contributed by atoms with Crippen LogP contribution in [0.2, 0.25) is 15.1 Å². The van der Waals surface area contributed by atoms with Crippen molar-refractivity contribution in [2.75, 3.05) is 0 Å². The summed E-state index contributed by atoms with van der Waals surface area (Å²) in [7, 11) is 0. The second kappa shape index (κ2) is 3.56. The van der Waals surface area contributed by atoms with Crippen LogP contribution in [0.1, 0.15) is 0 Å². The molecule has 0 spiro atoms. The molecule has 3 aromatic rings. The lowest BCUT2D eigenvalue weighted by Gasteiger charge is -1.96. The molecule has 1 heterocycles. The normalized spacial score (nSPS) is 11.4. The summed E-state index contributed by atoms with van der Waals surface area (Å²) in [4.78, 5) is 0. The Kier molecular flexibility index (Phi) is 2.28. The average Bonchev–Trinajstić information content (AvgIpc) is 2.62. The summed E-state index contributed by atoms with van der Waals surface area (Å²) < 4.78 is 5.64. The molecular formula is C12H5Cl3O. The highest BCUT2D eigenvalue weighted by atomic mass is 35.5. The fraction of sp³-hybridized carbons (Fsp3) is 0. The Balaban J connectivity index is 2.60. The zero-order valence-electron chi connectivity index (χ0n) is 7.93. The van der Waals surface area contributed by atoms with Gasteiger partial charge in [0.25, 0.3) is 0 Å². The molecule has 4 heteroatoms. The standard InChI is InChI=1S/C12H5Cl3O/c13-6-1-3-9-7(5-6)11-10(16-9)4-2-8(14)12(11)15/h1-5H. The van der Waals surface area contributed by atoms with E-state index in [1.165, 1.54) is 0 Å². The van der Waals surface area contributed by atoms with Crippen LogP contribution in [0.3, 0.4) is 0 Å². The molecule has 0 aliphatic rings. The van der Waals surface area contributed by atoms with E-state index < -0.39 is 0 Å². The highest BCUT2D eigenvalue weighted by Gasteiger charge is 2.12. The van der Waals surface area contributed by atoms with Crippen LogP contribution in [0, 0.1) is 0 Å². The molecule has 0 bridgehead atoms. The minimum atomic E-state index is 0.500. The lowest BCUT2D eigenvalue weighted by molar-refractivity contribution is 0.669. The predicted octanol–water partition coefficient (Wildman–Crippen LogP) is 5.55. The number of hydrogen-bond acceptors (Lipinski definition) is 1. The predicted molar refractivity (Wildman–Crippen MR) is 68.8 cm³/mol. The van der Waals surface area contributed by atoms with Crippen LogP contribution in [-0.4, -0.2) is 0 Å². The first kappa shape index (κ1) is 10.3. The molecule has 0 fully saturated rings. The van der Waals surface area contributed by atoms with E-state index in [-0.39, 0.29) is 0 Å². The van der Waals surface area contributed by atoms with Gasteiger partial charge in [0.05, 0.1) is 10.0 Å². The molecule has 0 aliphatic carbocycles. The summed E-state index contributed by atoms with van der Waals surface area (Å²) in [5.74, 6) is 0. The van der Waals surface area contributed by atoms with Gasteiger partial charge in [0.1, 0.15) is 11.2 Å². The van der Waals surface area contributed by atoms with Gasteiger partial charge < -0.3 is 4.42 Å². The highest BCUT2D eigenvalue weighted by molar-refractivity contribution is 6.46. The van der Waals surface area contributed by atoms with E-state index in [1.54, 1.807) is 18.2 Å². The molecule has 1 aromatic heterocycles. The summed E-state index contributed by atoms with van der Waals surface area (Å²) in [5.41, 5.74) is 1.47. The second-order valence-electron chi connectivity index (χ2n) is 3.48. The molecule has 16 heavy (non-hydrogen) atoms. The number of hydrogen-bond donors (Lipinski definition) is 0. The van der Waals surface area contributed by atoms with Crippen molar-refractivity contribution in [3.05, 3.63) is 45.4 Å². The molecule has 0 atom stereocenters. The van der Waals surface area contributed by atoms with E-state index in [0.29, 0.717) is 20.7 Å². The van der Waals surface area contributed by atoms with Crippen LogP contribution >= 0.6 is 34.8 Å². The summed E-state index contributed by atoms with van der Waals surface area (Å²) in [5, 5.41) is 3.35. The van der Waals surface area contributed by atoms with Gasteiger partial charge in [0, 0.05) is 15.8 Å². The summed E-state index contributed by atoms with van der Waals surface area (Å²) in [6.07, 6.45) is 0. The molecule has 1 nitrogen and oxygen atoms in total. The van der Waals surface area contributed by atoms with Crippen LogP contribution in [0.25, 0.3) is 21.9 Å². The van der Waals surface area contributed by atoms with E-state index in [0.717, 1.165) is 16.4 Å². The van der Waals surface area contributed by atoms with E-state index in [4.69, 9.17) is 39.2 Å². The van der Waals surface area contributed by atoms with Gasteiger partial charge in [-0.1, -0.05) is 34.8 Å². The maximum atomic E-state index is 6.16. The number of benzene rings is 2. The molecule has 0 saturated heterocycles. The van der Waals surface area contributed by atoms with Crippen molar-refractivity contribution in [3.8, 4) is 0 Å². The van der Waals surface area contributed by atoms with Crippen LogP contribution in [0.5, 0.6) is 0 Å². The van der Waals surface area contributed by atoms with Crippen LogP contribution in [0.15, 0.2) is 34.7 Å². The van der Waals surface area contributed by atoms with Gasteiger partial charge in [-0.25, -0.2) is 0 Å². The molecule has 0 aliphatic heterocycles. The number of furan rings is 1. The smallest absolute Gasteiger partial charge is 0.137 e. The Bertz CT molecular complexity index is 700. The molecule has 3 rings (SSSR count). The van der Waals surface area contributed by atoms with Gasteiger partial charge in [0.15, 0.2) is 0 Å². The minimum absolute atomic E-state index is 0.500. The fourth-order valence-electron chi connectivity index (χ4n) is 1.77. The Labute approximate surface area is 106 Å². The Morgan fingerprint density at radius 2 is 1.62 bits per heavy atom. The van der Waals surface area contributed by atoms with Crippen LogP contribution < -0.4 is 0 Å². The van der Waals surface area contributed by atoms with Crippen LogP contribution in [-0.2, 0) is 0 Å². The third kappa shape index (κ3) is 1.40. The van der Waals surface area contributed by atoms with Gasteiger partial charge >= 0.3 is 0 Å². The maximum absolute atomic E-state index is 6.16. The minimum Gasteiger partial charge on any atom is -0.456 e. The number of fused-ring (bicyclic) bond motifs is 3. The van der Waals surface area contributed by atoms with Gasteiger partial charge in [-0.2, -0.15) is 0 Å². The molecule has 0 saturated carbocycles. The number of halogens is 3. The highest BCUT2D eigenvalue weighted by Crippen LogP contribution is 2.38. The zero-order valence-corrected chi connectivity index (χ0v) is 10.2. The molecule has 80 valence electrons. The first-order chi connectivity index (χ1) is 7.66. The first-order valence-electron chi connectivity index (χ1n) is 4.62. The topological polar surface area (TPSA) is 13.1 Å². The molecule has 0 N–H and O–H groups in total. The monoisotopic (exact) mass is 270 g/mol. The molecule has 0 unspecified atom stereocenters. The fourth-order valence-corrected chi connectivity index (χ4v) is 2.36. The van der Waals surface area contributed by atoms with Gasteiger partial charge in [-0.3, -0.25) is 0 Å². The van der Waals surface area contributed by atoms with Crippen molar-refractivity contribution >= 4 is 56.7 Å². The molecule has 0 amide bonds. The van der Waals surface area contributed by atoms with E-state index in [1.807, 2.05) is 12.1 Å². The Morgan fingerprint density at radius 1 is 0.875 bits per heavy atom. The Morgan fingerprint density at radius 3 is 2.44 bits per heavy atom. The molecule has 2 aromatic carbocycles. The van der Waals surface area contributed by atoms with Gasteiger partial charge in [-0.15, -0.1) is 0 Å². The summed E-state index contributed by atoms with van der Waals surface area (Å²) >= 11 is 18.1. The van der Waals surface area contributed by atoms with Crippen LogP contribution in [0.4, 0.5) is 0 Å². The van der Waals surface area contributed by atoms with Gasteiger partial charge in [0.2, 0.25) is 0 Å². The van der Waals surface area contributed by atoms with Crippen molar-refractivity contribution in [2.24, 2.45) is 0 Å². The lowest BCUT2D eigenvalue weighted by atomic mass is 10.1. The van der Waals surface area contributed by atoms with Crippen molar-refractivity contribution in [2.45, 2.75) is 0 Å². The van der Waals surface area contributed by atoms with Crippen molar-refractivity contribution < 1.29 is 4.42 Å². The summed E-state index contributed by atoms with van der Waals surface area (Å²) in [6, 6.07) is 8.95. The zero-order chi connectivity index (χ0) is 11.3. The van der Waals surface area contributed by atoms with Crippen molar-refractivity contribution in [1.82, 2.24) is 0 Å². The third-order valence-corrected chi connectivity index (χ3v) is 3.53. The summed E-state index contributed by atoms with van der Waals surface area (Å²) in [6.45, 7) is 0. The number of rotatable bonds is 0. The largest absolute Gasteiger partial charge is 0.456 e. The van der Waals surface area contributed by atoms with Crippen molar-refractivity contribution in [3.63, 3.8) is 0 Å². The first-order valence-corrected chi connectivity index (χ1v) is 5.76. The van der Waals surface area contributed by atoms with E-state index in [2.05, 4.69) is 0 Å². The second-order valence-corrected chi connectivity index (χ2v) is 4.70. The average molecular weight is 272 g/mol. The Hall–Kier alpha value is -0.890. The maximum Gasteiger partial charge on any atom is 0.137 e. The molecule has 0 radical (unpaired) electrons. The van der Waals surface area contributed by atoms with E-state index >= 15 is 0 Å². The molecular weight excluding hydrogens is 266 g/mol. The van der Waals surface area contributed by atoms with E-state index in [9.17, 15) is 0 Å². The third-order valence-electron chi connectivity index (χ3n) is 2.49. The lowest BCUT2D eigenvalue weighted by Crippen LogP contribution is -1.71.